The van der Waals surface area contributed by atoms with Crippen LogP contribution in [0, 0.1) is 0 Å². The topological polar surface area (TPSA) is 50.4 Å². The van der Waals surface area contributed by atoms with E-state index in [1.165, 1.54) is 18.2 Å². The minimum absolute atomic E-state index is 0.164. The Hall–Kier alpha value is -1.39. The molecule has 0 amide bonds. The fourth-order valence-electron chi connectivity index (χ4n) is 2.32. The maximum Gasteiger partial charge on any atom is 0.306 e. The van der Waals surface area contributed by atoms with Gasteiger partial charge in [0.15, 0.2) is 0 Å². The fourth-order valence-corrected chi connectivity index (χ4v) is 2.32. The van der Waals surface area contributed by atoms with Gasteiger partial charge in [-0.15, -0.1) is 0 Å². The molecule has 4 nitrogen and oxygen atoms in total. The lowest BCUT2D eigenvalue weighted by molar-refractivity contribution is -0.140. The summed E-state index contributed by atoms with van der Waals surface area (Å²) < 4.78 is 4.64. The largest absolute Gasteiger partial charge is 0.469 e. The number of fused-ring (bicyclic) bond motifs is 1. The van der Waals surface area contributed by atoms with Crippen LogP contribution in [0.3, 0.4) is 0 Å². The van der Waals surface area contributed by atoms with Gasteiger partial charge in [-0.2, -0.15) is 0 Å². The molecule has 98 valence electrons. The number of esters is 1. The Kier molecular flexibility index (Phi) is 4.73. The molecule has 1 atom stereocenters. The van der Waals surface area contributed by atoms with Gasteiger partial charge < -0.3 is 15.4 Å². The van der Waals surface area contributed by atoms with Gasteiger partial charge in [0.05, 0.1) is 13.5 Å². The zero-order valence-electron chi connectivity index (χ0n) is 10.7. The van der Waals surface area contributed by atoms with E-state index in [0.717, 1.165) is 19.5 Å². The summed E-state index contributed by atoms with van der Waals surface area (Å²) in [6.07, 6.45) is 1.46. The Bertz CT molecular complexity index is 407. The quantitative estimate of drug-likeness (QED) is 0.790. The standard InChI is InChI=1S/C14H20N2O2/c1-18-14(17)7-9-16-13-6-8-15-10-11-4-2-3-5-12(11)13/h2-5,13,15-16H,6-10H2,1H3. The molecule has 0 bridgehead atoms. The van der Waals surface area contributed by atoms with Crippen LogP contribution in [0.2, 0.25) is 0 Å². The first-order valence-electron chi connectivity index (χ1n) is 6.40. The van der Waals surface area contributed by atoms with E-state index < -0.39 is 0 Å². The third-order valence-corrected chi connectivity index (χ3v) is 3.30. The molecule has 0 aliphatic carbocycles. The number of rotatable bonds is 4. The summed E-state index contributed by atoms with van der Waals surface area (Å²) in [6, 6.07) is 8.78. The number of methoxy groups -OCH3 is 1. The summed E-state index contributed by atoms with van der Waals surface area (Å²) in [5.74, 6) is -0.164. The summed E-state index contributed by atoms with van der Waals surface area (Å²) in [4.78, 5) is 11.1. The van der Waals surface area contributed by atoms with Crippen molar-refractivity contribution in [3.63, 3.8) is 0 Å². The van der Waals surface area contributed by atoms with Gasteiger partial charge in [0, 0.05) is 19.1 Å². The maximum atomic E-state index is 11.1. The Morgan fingerprint density at radius 1 is 1.50 bits per heavy atom. The van der Waals surface area contributed by atoms with Crippen LogP contribution in [0.5, 0.6) is 0 Å². The van der Waals surface area contributed by atoms with Crippen molar-refractivity contribution in [3.05, 3.63) is 35.4 Å². The van der Waals surface area contributed by atoms with Crippen LogP contribution in [0.4, 0.5) is 0 Å². The lowest BCUT2D eigenvalue weighted by Gasteiger charge is -2.18. The van der Waals surface area contributed by atoms with Crippen molar-refractivity contribution in [2.45, 2.75) is 25.4 Å². The van der Waals surface area contributed by atoms with Gasteiger partial charge in [-0.3, -0.25) is 4.79 Å². The highest BCUT2D eigenvalue weighted by Crippen LogP contribution is 2.23. The second-order valence-electron chi connectivity index (χ2n) is 4.50. The van der Waals surface area contributed by atoms with Crippen molar-refractivity contribution in [1.82, 2.24) is 10.6 Å². The molecule has 4 heteroatoms. The first-order valence-corrected chi connectivity index (χ1v) is 6.40. The molecule has 1 aliphatic heterocycles. The lowest BCUT2D eigenvalue weighted by atomic mass is 9.99. The SMILES string of the molecule is COC(=O)CCNC1CCNCc2ccccc21. The third kappa shape index (κ3) is 3.31. The van der Waals surface area contributed by atoms with E-state index in [1.54, 1.807) is 0 Å². The highest BCUT2D eigenvalue weighted by molar-refractivity contribution is 5.69. The van der Waals surface area contributed by atoms with Gasteiger partial charge in [-0.1, -0.05) is 24.3 Å². The van der Waals surface area contributed by atoms with E-state index >= 15 is 0 Å². The van der Waals surface area contributed by atoms with Crippen molar-refractivity contribution in [2.75, 3.05) is 20.2 Å². The minimum Gasteiger partial charge on any atom is -0.469 e. The number of carbonyl (C=O) groups excluding carboxylic acids is 1. The Morgan fingerprint density at radius 3 is 3.17 bits per heavy atom. The maximum absolute atomic E-state index is 11.1. The average Bonchev–Trinajstić information content (AvgIpc) is 2.61. The number of hydrogen-bond acceptors (Lipinski definition) is 4. The van der Waals surface area contributed by atoms with Gasteiger partial charge in [0.2, 0.25) is 0 Å². The van der Waals surface area contributed by atoms with Gasteiger partial charge >= 0.3 is 5.97 Å². The molecule has 1 unspecified atom stereocenters. The first-order chi connectivity index (χ1) is 8.81. The van der Waals surface area contributed by atoms with E-state index in [0.29, 0.717) is 19.0 Å². The van der Waals surface area contributed by atoms with Crippen molar-refractivity contribution >= 4 is 5.97 Å². The molecule has 0 saturated heterocycles. The van der Waals surface area contributed by atoms with Crippen LogP contribution in [0.1, 0.15) is 30.0 Å². The van der Waals surface area contributed by atoms with Gasteiger partial charge in [-0.05, 0) is 24.1 Å². The molecule has 0 aromatic heterocycles. The summed E-state index contributed by atoms with van der Waals surface area (Å²) >= 11 is 0. The molecular formula is C14H20N2O2. The third-order valence-electron chi connectivity index (χ3n) is 3.30. The van der Waals surface area contributed by atoms with E-state index in [4.69, 9.17) is 0 Å². The molecule has 1 heterocycles. The van der Waals surface area contributed by atoms with E-state index in [2.05, 4.69) is 39.6 Å². The van der Waals surface area contributed by atoms with Crippen molar-refractivity contribution < 1.29 is 9.53 Å². The summed E-state index contributed by atoms with van der Waals surface area (Å²) in [7, 11) is 1.42. The van der Waals surface area contributed by atoms with Crippen LogP contribution in [-0.2, 0) is 16.1 Å². The number of nitrogens with one attached hydrogen (secondary N) is 2. The molecule has 0 saturated carbocycles. The predicted octanol–water partition coefficient (Wildman–Crippen LogP) is 1.37. The van der Waals surface area contributed by atoms with Crippen LogP contribution in [-0.4, -0.2) is 26.2 Å². The zero-order chi connectivity index (χ0) is 12.8. The molecule has 2 N–H and O–H groups in total. The second-order valence-corrected chi connectivity index (χ2v) is 4.50. The predicted molar refractivity (Wildman–Crippen MR) is 70.1 cm³/mol. The molecule has 0 radical (unpaired) electrons. The Labute approximate surface area is 108 Å². The molecule has 1 aromatic rings. The first kappa shape index (κ1) is 13.1. The van der Waals surface area contributed by atoms with Crippen molar-refractivity contribution in [2.24, 2.45) is 0 Å². The van der Waals surface area contributed by atoms with Crippen LogP contribution in [0.25, 0.3) is 0 Å². The number of hydrogen-bond donors (Lipinski definition) is 2. The number of carbonyl (C=O) groups is 1. The highest BCUT2D eigenvalue weighted by atomic mass is 16.5. The molecular weight excluding hydrogens is 228 g/mol. The lowest BCUT2D eigenvalue weighted by Crippen LogP contribution is -2.25. The zero-order valence-corrected chi connectivity index (χ0v) is 10.7. The molecule has 18 heavy (non-hydrogen) atoms. The fraction of sp³-hybridized carbons (Fsp3) is 0.500. The van der Waals surface area contributed by atoms with Crippen LogP contribution in [0.15, 0.2) is 24.3 Å². The summed E-state index contributed by atoms with van der Waals surface area (Å²) in [6.45, 7) is 2.57. The van der Waals surface area contributed by atoms with Crippen LogP contribution < -0.4 is 10.6 Å². The summed E-state index contributed by atoms with van der Waals surface area (Å²) in [5, 5.41) is 6.85. The number of ether oxygens (including phenoxy) is 1. The molecule has 0 spiro atoms. The van der Waals surface area contributed by atoms with Gasteiger partial charge in [-0.25, -0.2) is 0 Å². The van der Waals surface area contributed by atoms with Gasteiger partial charge in [0.25, 0.3) is 0 Å². The normalized spacial score (nSPS) is 18.8. The Morgan fingerprint density at radius 2 is 2.33 bits per heavy atom. The molecule has 1 aromatic carbocycles. The van der Waals surface area contributed by atoms with Crippen molar-refractivity contribution in [3.8, 4) is 0 Å². The Balaban J connectivity index is 1.97. The van der Waals surface area contributed by atoms with Crippen molar-refractivity contribution in [1.29, 1.82) is 0 Å². The van der Waals surface area contributed by atoms with Crippen LogP contribution >= 0.6 is 0 Å². The minimum atomic E-state index is -0.164. The summed E-state index contributed by atoms with van der Waals surface area (Å²) in [5.41, 5.74) is 2.68. The molecule has 1 aliphatic rings. The average molecular weight is 248 g/mol. The molecule has 0 fully saturated rings. The highest BCUT2D eigenvalue weighted by Gasteiger charge is 2.17. The van der Waals surface area contributed by atoms with E-state index in [1.807, 2.05) is 0 Å². The van der Waals surface area contributed by atoms with E-state index in [9.17, 15) is 4.79 Å². The van der Waals surface area contributed by atoms with Gasteiger partial charge in [0.1, 0.15) is 0 Å². The smallest absolute Gasteiger partial charge is 0.306 e. The monoisotopic (exact) mass is 248 g/mol. The number of benzene rings is 1. The van der Waals surface area contributed by atoms with E-state index in [-0.39, 0.29) is 5.97 Å². The second kappa shape index (κ2) is 6.52. The molecule has 2 rings (SSSR count).